The largest absolute Gasteiger partial charge is 0.488 e. The molecule has 1 fully saturated rings. The first-order chi connectivity index (χ1) is 14.7. The van der Waals surface area contributed by atoms with Gasteiger partial charge < -0.3 is 14.7 Å². The molecule has 0 unspecified atom stereocenters. The summed E-state index contributed by atoms with van der Waals surface area (Å²) in [5.41, 5.74) is 5.63. The Labute approximate surface area is 185 Å². The third kappa shape index (κ3) is 5.84. The molecular weight excluding hydrogens is 390 g/mol. The summed E-state index contributed by atoms with van der Waals surface area (Å²) in [7, 11) is 0. The molecule has 3 heterocycles. The van der Waals surface area contributed by atoms with Crippen molar-refractivity contribution >= 4 is 11.7 Å². The van der Waals surface area contributed by atoms with E-state index in [0.717, 1.165) is 54.1 Å². The van der Waals surface area contributed by atoms with Crippen molar-refractivity contribution in [3.8, 4) is 17.0 Å². The standard InChI is InChI=1S/C25H33N3O3/c1-17(2)8-13-31-19-6-7-22(27-15-19)21-16-26-18(3)20(14-23(29)30)24(21)28-11-9-25(4,5)10-12-28/h6-8,15-16H,9-14H2,1-5H3,(H,29,30). The second-order valence-electron chi connectivity index (χ2n) is 9.28. The number of carboxylic acids is 1. The molecule has 166 valence electrons. The van der Waals surface area contributed by atoms with E-state index in [1.807, 2.05) is 45.2 Å². The van der Waals surface area contributed by atoms with E-state index in [2.05, 4.69) is 28.7 Å². The number of hydrogen-bond acceptors (Lipinski definition) is 5. The van der Waals surface area contributed by atoms with Crippen LogP contribution in [-0.2, 0) is 11.2 Å². The van der Waals surface area contributed by atoms with E-state index in [-0.39, 0.29) is 6.42 Å². The third-order valence-corrected chi connectivity index (χ3v) is 5.88. The van der Waals surface area contributed by atoms with Crippen molar-refractivity contribution in [1.29, 1.82) is 0 Å². The van der Waals surface area contributed by atoms with Gasteiger partial charge in [-0.3, -0.25) is 14.8 Å². The second kappa shape index (κ2) is 9.50. The average Bonchev–Trinajstić information content (AvgIpc) is 2.70. The van der Waals surface area contributed by atoms with Crippen molar-refractivity contribution in [3.63, 3.8) is 0 Å². The van der Waals surface area contributed by atoms with Gasteiger partial charge in [0.25, 0.3) is 0 Å². The second-order valence-corrected chi connectivity index (χ2v) is 9.28. The summed E-state index contributed by atoms with van der Waals surface area (Å²) in [4.78, 5) is 23.1. The van der Waals surface area contributed by atoms with Crippen LogP contribution in [0.4, 0.5) is 5.69 Å². The molecule has 0 amide bonds. The number of ether oxygens (including phenoxy) is 1. The van der Waals surface area contributed by atoms with Crippen molar-refractivity contribution < 1.29 is 14.6 Å². The number of allylic oxidation sites excluding steroid dienone is 1. The van der Waals surface area contributed by atoms with Gasteiger partial charge in [-0.1, -0.05) is 19.4 Å². The summed E-state index contributed by atoms with van der Waals surface area (Å²) in [5, 5.41) is 9.53. The van der Waals surface area contributed by atoms with Crippen LogP contribution in [0.2, 0.25) is 0 Å². The van der Waals surface area contributed by atoms with Gasteiger partial charge in [0, 0.05) is 36.1 Å². The van der Waals surface area contributed by atoms with E-state index in [4.69, 9.17) is 4.74 Å². The van der Waals surface area contributed by atoms with Gasteiger partial charge in [-0.25, -0.2) is 0 Å². The molecule has 0 aliphatic carbocycles. The van der Waals surface area contributed by atoms with Crippen LogP contribution >= 0.6 is 0 Å². The fourth-order valence-electron chi connectivity index (χ4n) is 3.81. The maximum atomic E-state index is 11.6. The Balaban J connectivity index is 1.97. The van der Waals surface area contributed by atoms with Crippen molar-refractivity contribution in [2.75, 3.05) is 24.6 Å². The molecule has 6 nitrogen and oxygen atoms in total. The van der Waals surface area contributed by atoms with Gasteiger partial charge in [-0.15, -0.1) is 0 Å². The number of pyridine rings is 2. The number of piperidine rings is 1. The van der Waals surface area contributed by atoms with Crippen molar-refractivity contribution in [2.24, 2.45) is 5.41 Å². The fraction of sp³-hybridized carbons (Fsp3) is 0.480. The van der Waals surface area contributed by atoms with Gasteiger partial charge in [-0.05, 0) is 57.2 Å². The molecule has 3 rings (SSSR count). The van der Waals surface area contributed by atoms with Crippen LogP contribution in [0.3, 0.4) is 0 Å². The average molecular weight is 424 g/mol. The molecule has 0 saturated carbocycles. The van der Waals surface area contributed by atoms with Crippen LogP contribution in [0.5, 0.6) is 5.75 Å². The number of carboxylic acid groups (broad SMARTS) is 1. The predicted molar refractivity (Wildman–Crippen MR) is 124 cm³/mol. The van der Waals surface area contributed by atoms with Crippen LogP contribution in [0.15, 0.2) is 36.2 Å². The number of carbonyl (C=O) groups is 1. The molecule has 6 heteroatoms. The minimum Gasteiger partial charge on any atom is -0.488 e. The molecule has 1 saturated heterocycles. The quantitative estimate of drug-likeness (QED) is 0.628. The van der Waals surface area contributed by atoms with Gasteiger partial charge in [0.05, 0.1) is 24.0 Å². The number of nitrogens with zero attached hydrogens (tertiary/aromatic N) is 3. The number of aromatic nitrogens is 2. The molecule has 0 aromatic carbocycles. The van der Waals surface area contributed by atoms with E-state index in [9.17, 15) is 9.90 Å². The zero-order valence-electron chi connectivity index (χ0n) is 19.2. The number of aliphatic carboxylic acids is 1. The number of rotatable bonds is 7. The zero-order chi connectivity index (χ0) is 22.6. The number of anilines is 1. The van der Waals surface area contributed by atoms with E-state index in [1.54, 1.807) is 6.20 Å². The Bertz CT molecular complexity index is 951. The van der Waals surface area contributed by atoms with Crippen molar-refractivity contribution in [3.05, 3.63) is 47.4 Å². The zero-order valence-corrected chi connectivity index (χ0v) is 19.2. The summed E-state index contributed by atoms with van der Waals surface area (Å²) in [5.74, 6) is -0.148. The van der Waals surface area contributed by atoms with E-state index in [1.165, 1.54) is 5.57 Å². The summed E-state index contributed by atoms with van der Waals surface area (Å²) >= 11 is 0. The molecule has 2 aromatic heterocycles. The van der Waals surface area contributed by atoms with Gasteiger partial charge in [0.2, 0.25) is 0 Å². The van der Waals surface area contributed by atoms with Crippen LogP contribution in [0.25, 0.3) is 11.3 Å². The van der Waals surface area contributed by atoms with Crippen molar-refractivity contribution in [1.82, 2.24) is 9.97 Å². The minimum atomic E-state index is -0.850. The highest BCUT2D eigenvalue weighted by Crippen LogP contribution is 2.39. The minimum absolute atomic E-state index is 0.0498. The van der Waals surface area contributed by atoms with Gasteiger partial charge in [0.15, 0.2) is 0 Å². The SMILES string of the molecule is CC(C)=CCOc1ccc(-c2cnc(C)c(CC(=O)O)c2N2CCC(C)(C)CC2)nc1. The summed E-state index contributed by atoms with van der Waals surface area (Å²) in [6, 6.07) is 3.83. The van der Waals surface area contributed by atoms with Gasteiger partial charge >= 0.3 is 5.97 Å². The fourth-order valence-corrected chi connectivity index (χ4v) is 3.81. The van der Waals surface area contributed by atoms with Crippen LogP contribution < -0.4 is 9.64 Å². The molecule has 31 heavy (non-hydrogen) atoms. The highest BCUT2D eigenvalue weighted by atomic mass is 16.5. The predicted octanol–water partition coefficient (Wildman–Crippen LogP) is 5.05. The lowest BCUT2D eigenvalue weighted by Gasteiger charge is -2.40. The van der Waals surface area contributed by atoms with Crippen LogP contribution in [-0.4, -0.2) is 40.7 Å². The molecule has 1 aliphatic rings. The maximum absolute atomic E-state index is 11.6. The van der Waals surface area contributed by atoms with Crippen LogP contribution in [0.1, 0.15) is 51.8 Å². The smallest absolute Gasteiger partial charge is 0.307 e. The molecule has 0 atom stereocenters. The Kier molecular flexibility index (Phi) is 6.98. The molecular formula is C25H33N3O3. The molecule has 1 aliphatic heterocycles. The maximum Gasteiger partial charge on any atom is 0.307 e. The first kappa shape index (κ1) is 22.8. The first-order valence-corrected chi connectivity index (χ1v) is 10.8. The van der Waals surface area contributed by atoms with Gasteiger partial charge in [-0.2, -0.15) is 0 Å². The highest BCUT2D eigenvalue weighted by Gasteiger charge is 2.29. The lowest BCUT2D eigenvalue weighted by atomic mass is 9.82. The lowest BCUT2D eigenvalue weighted by Crippen LogP contribution is -2.38. The summed E-state index contributed by atoms with van der Waals surface area (Å²) in [6.45, 7) is 12.8. The monoisotopic (exact) mass is 423 g/mol. The van der Waals surface area contributed by atoms with Crippen LogP contribution in [0, 0.1) is 12.3 Å². The topological polar surface area (TPSA) is 75.6 Å². The molecule has 0 spiro atoms. The molecule has 0 bridgehead atoms. The molecule has 2 aromatic rings. The Morgan fingerprint density at radius 3 is 2.48 bits per heavy atom. The summed E-state index contributed by atoms with van der Waals surface area (Å²) < 4.78 is 5.73. The normalized spacial score (nSPS) is 15.5. The Morgan fingerprint density at radius 1 is 1.19 bits per heavy atom. The highest BCUT2D eigenvalue weighted by molar-refractivity contribution is 5.83. The number of hydrogen-bond donors (Lipinski definition) is 1. The number of aryl methyl sites for hydroxylation is 1. The third-order valence-electron chi connectivity index (χ3n) is 5.88. The van der Waals surface area contributed by atoms with E-state index < -0.39 is 5.97 Å². The lowest BCUT2D eigenvalue weighted by molar-refractivity contribution is -0.136. The van der Waals surface area contributed by atoms with E-state index >= 15 is 0 Å². The molecule has 0 radical (unpaired) electrons. The Morgan fingerprint density at radius 2 is 1.90 bits per heavy atom. The molecule has 1 N–H and O–H groups in total. The Hall–Kier alpha value is -2.89. The first-order valence-electron chi connectivity index (χ1n) is 10.8. The van der Waals surface area contributed by atoms with Gasteiger partial charge in [0.1, 0.15) is 12.4 Å². The summed E-state index contributed by atoms with van der Waals surface area (Å²) in [6.07, 6.45) is 7.63. The van der Waals surface area contributed by atoms with Crippen molar-refractivity contribution in [2.45, 2.75) is 53.9 Å². The van der Waals surface area contributed by atoms with E-state index in [0.29, 0.717) is 17.8 Å².